The summed E-state index contributed by atoms with van der Waals surface area (Å²) in [6.45, 7) is 1.75. The summed E-state index contributed by atoms with van der Waals surface area (Å²) in [6.07, 6.45) is -4.75. The highest BCUT2D eigenvalue weighted by Crippen LogP contribution is 2.23. The molecule has 0 heterocycles. The van der Waals surface area contributed by atoms with E-state index in [4.69, 9.17) is 11.6 Å². The number of anilines is 1. The highest BCUT2D eigenvalue weighted by molar-refractivity contribution is 6.82. The molecule has 0 radical (unpaired) electrons. The van der Waals surface area contributed by atoms with E-state index in [1.54, 1.807) is 6.92 Å². The van der Waals surface area contributed by atoms with Crippen molar-refractivity contribution in [2.24, 2.45) is 5.10 Å². The fourth-order valence-electron chi connectivity index (χ4n) is 1.08. The second kappa shape index (κ2) is 6.99. The Labute approximate surface area is 117 Å². The first-order chi connectivity index (χ1) is 9.31. The van der Waals surface area contributed by atoms with Crippen LogP contribution in [0.2, 0.25) is 0 Å². The minimum atomic E-state index is -4.75. The van der Waals surface area contributed by atoms with Crippen LogP contribution in [0.5, 0.6) is 5.75 Å². The monoisotopic (exact) mass is 310 g/mol. The van der Waals surface area contributed by atoms with Gasteiger partial charge in [0.15, 0.2) is 0 Å². The van der Waals surface area contributed by atoms with Crippen molar-refractivity contribution in [2.75, 3.05) is 12.0 Å². The number of halogens is 4. The second-order valence-electron chi connectivity index (χ2n) is 3.31. The van der Waals surface area contributed by atoms with E-state index in [1.807, 2.05) is 0 Å². The van der Waals surface area contributed by atoms with Gasteiger partial charge in [-0.3, -0.25) is 5.43 Å². The number of esters is 1. The lowest BCUT2D eigenvalue weighted by Crippen LogP contribution is -2.17. The summed E-state index contributed by atoms with van der Waals surface area (Å²) < 4.78 is 44.1. The SMILES string of the molecule is CCOC(=O)C(Cl)=NNc1ccc(OC(F)(F)F)cc1. The number of carbonyl (C=O) groups excluding carboxylic acids is 1. The number of hydrogen-bond donors (Lipinski definition) is 1. The topological polar surface area (TPSA) is 59.9 Å². The Hall–Kier alpha value is -1.96. The largest absolute Gasteiger partial charge is 0.573 e. The predicted molar refractivity (Wildman–Crippen MR) is 66.7 cm³/mol. The van der Waals surface area contributed by atoms with E-state index >= 15 is 0 Å². The number of ether oxygens (including phenoxy) is 2. The summed E-state index contributed by atoms with van der Waals surface area (Å²) in [6, 6.07) is 4.73. The molecule has 0 unspecified atom stereocenters. The third-order valence-electron chi connectivity index (χ3n) is 1.81. The van der Waals surface area contributed by atoms with Gasteiger partial charge >= 0.3 is 12.3 Å². The molecular formula is C11H10ClF3N2O3. The number of alkyl halides is 3. The Morgan fingerprint density at radius 2 is 1.95 bits per heavy atom. The first-order valence-electron chi connectivity index (χ1n) is 5.34. The summed E-state index contributed by atoms with van der Waals surface area (Å²) >= 11 is 5.52. The van der Waals surface area contributed by atoms with Gasteiger partial charge in [0.05, 0.1) is 12.3 Å². The minimum Gasteiger partial charge on any atom is -0.461 e. The molecule has 20 heavy (non-hydrogen) atoms. The Morgan fingerprint density at radius 1 is 1.35 bits per heavy atom. The van der Waals surface area contributed by atoms with Crippen LogP contribution in [0.4, 0.5) is 18.9 Å². The maximum atomic E-state index is 11.9. The Morgan fingerprint density at radius 3 is 2.45 bits per heavy atom. The molecule has 0 aliphatic carbocycles. The summed E-state index contributed by atoms with van der Waals surface area (Å²) in [7, 11) is 0. The van der Waals surface area contributed by atoms with Gasteiger partial charge in [-0.1, -0.05) is 11.6 Å². The lowest BCUT2D eigenvalue weighted by molar-refractivity contribution is -0.274. The molecule has 1 N–H and O–H groups in total. The van der Waals surface area contributed by atoms with Gasteiger partial charge in [-0.05, 0) is 31.2 Å². The number of nitrogens with one attached hydrogen (secondary N) is 1. The van der Waals surface area contributed by atoms with E-state index < -0.39 is 17.5 Å². The first-order valence-corrected chi connectivity index (χ1v) is 5.71. The van der Waals surface area contributed by atoms with Crippen LogP contribution in [0.1, 0.15) is 6.92 Å². The standard InChI is InChI=1S/C11H10ClF3N2O3/c1-2-19-10(18)9(12)17-16-7-3-5-8(6-4-7)20-11(13,14)15/h3-6,16H,2H2,1H3. The number of rotatable bonds is 5. The fraction of sp³-hybridized carbons (Fsp3) is 0.273. The molecule has 0 fully saturated rings. The van der Waals surface area contributed by atoms with Gasteiger partial charge in [-0.25, -0.2) is 4.79 Å². The number of benzene rings is 1. The highest BCUT2D eigenvalue weighted by atomic mass is 35.5. The van der Waals surface area contributed by atoms with E-state index in [1.165, 1.54) is 12.1 Å². The number of hydrogen-bond acceptors (Lipinski definition) is 5. The van der Waals surface area contributed by atoms with Gasteiger partial charge in [0, 0.05) is 0 Å². The highest BCUT2D eigenvalue weighted by Gasteiger charge is 2.30. The number of carbonyl (C=O) groups is 1. The molecule has 0 spiro atoms. The fourth-order valence-corrected chi connectivity index (χ4v) is 1.18. The molecule has 9 heteroatoms. The number of nitrogens with zero attached hydrogens (tertiary/aromatic N) is 1. The summed E-state index contributed by atoms with van der Waals surface area (Å²) in [5.74, 6) is -1.18. The molecule has 0 saturated carbocycles. The van der Waals surface area contributed by atoms with Crippen LogP contribution in [0, 0.1) is 0 Å². The maximum absolute atomic E-state index is 11.9. The van der Waals surface area contributed by atoms with Crippen molar-refractivity contribution in [2.45, 2.75) is 13.3 Å². The van der Waals surface area contributed by atoms with Crippen LogP contribution >= 0.6 is 11.6 Å². The summed E-state index contributed by atoms with van der Waals surface area (Å²) in [5, 5.41) is 3.08. The lowest BCUT2D eigenvalue weighted by Gasteiger charge is -2.09. The van der Waals surface area contributed by atoms with Gasteiger partial charge < -0.3 is 9.47 Å². The van der Waals surface area contributed by atoms with Crippen molar-refractivity contribution < 1.29 is 27.4 Å². The average Bonchev–Trinajstić information content (AvgIpc) is 2.36. The third-order valence-corrected chi connectivity index (χ3v) is 2.05. The maximum Gasteiger partial charge on any atom is 0.573 e. The third kappa shape index (κ3) is 5.79. The molecule has 0 atom stereocenters. The summed E-state index contributed by atoms with van der Waals surface area (Å²) in [5.41, 5.74) is 2.71. The van der Waals surface area contributed by atoms with Crippen molar-refractivity contribution in [3.8, 4) is 5.75 Å². The molecule has 5 nitrogen and oxygen atoms in total. The summed E-state index contributed by atoms with van der Waals surface area (Å²) in [4.78, 5) is 11.1. The molecule has 1 rings (SSSR count). The molecule has 0 amide bonds. The van der Waals surface area contributed by atoms with Gasteiger partial charge in [0.2, 0.25) is 5.17 Å². The predicted octanol–water partition coefficient (Wildman–Crippen LogP) is 3.11. The minimum absolute atomic E-state index is 0.147. The smallest absolute Gasteiger partial charge is 0.461 e. The van der Waals surface area contributed by atoms with E-state index in [0.29, 0.717) is 5.69 Å². The molecule has 0 bridgehead atoms. The first kappa shape index (κ1) is 16.1. The van der Waals surface area contributed by atoms with E-state index in [9.17, 15) is 18.0 Å². The average molecular weight is 311 g/mol. The zero-order valence-electron chi connectivity index (χ0n) is 10.2. The molecule has 1 aromatic rings. The zero-order valence-corrected chi connectivity index (χ0v) is 11.0. The molecule has 0 aliphatic rings. The van der Waals surface area contributed by atoms with Crippen LogP contribution in [0.3, 0.4) is 0 Å². The Kier molecular flexibility index (Phi) is 5.63. The molecular weight excluding hydrogens is 301 g/mol. The Bertz CT molecular complexity index is 489. The number of hydrazone groups is 1. The molecule has 0 aromatic heterocycles. The molecule has 110 valence electrons. The molecule has 0 saturated heterocycles. The van der Waals surface area contributed by atoms with E-state index in [0.717, 1.165) is 12.1 Å². The quantitative estimate of drug-likeness (QED) is 0.516. The van der Waals surface area contributed by atoms with Crippen molar-refractivity contribution in [3.63, 3.8) is 0 Å². The van der Waals surface area contributed by atoms with Crippen molar-refractivity contribution in [3.05, 3.63) is 24.3 Å². The van der Waals surface area contributed by atoms with Crippen LogP contribution in [0.15, 0.2) is 29.4 Å². The van der Waals surface area contributed by atoms with Gasteiger partial charge in [0.25, 0.3) is 0 Å². The van der Waals surface area contributed by atoms with Crippen molar-refractivity contribution in [1.29, 1.82) is 0 Å². The lowest BCUT2D eigenvalue weighted by atomic mass is 10.3. The van der Waals surface area contributed by atoms with Crippen LogP contribution in [-0.4, -0.2) is 24.1 Å². The van der Waals surface area contributed by atoms with Crippen molar-refractivity contribution >= 4 is 28.4 Å². The normalized spacial score (nSPS) is 11.9. The van der Waals surface area contributed by atoms with Gasteiger partial charge in [-0.15, -0.1) is 13.2 Å². The Balaban J connectivity index is 2.62. The molecule has 0 aliphatic heterocycles. The van der Waals surface area contributed by atoms with E-state index in [2.05, 4.69) is 20.0 Å². The van der Waals surface area contributed by atoms with Crippen molar-refractivity contribution in [1.82, 2.24) is 0 Å². The van der Waals surface area contributed by atoms with Crippen LogP contribution < -0.4 is 10.2 Å². The molecule has 1 aromatic carbocycles. The zero-order chi connectivity index (χ0) is 15.2. The van der Waals surface area contributed by atoms with Gasteiger partial charge in [-0.2, -0.15) is 5.10 Å². The van der Waals surface area contributed by atoms with Gasteiger partial charge in [0.1, 0.15) is 5.75 Å². The second-order valence-corrected chi connectivity index (χ2v) is 3.67. The van der Waals surface area contributed by atoms with E-state index in [-0.39, 0.29) is 12.4 Å². The van der Waals surface area contributed by atoms with Crippen LogP contribution in [0.25, 0.3) is 0 Å². The van der Waals surface area contributed by atoms with Crippen LogP contribution in [-0.2, 0) is 9.53 Å².